The summed E-state index contributed by atoms with van der Waals surface area (Å²) in [6, 6.07) is 10.0. The Morgan fingerprint density at radius 3 is 2.76 bits per heavy atom. The average Bonchev–Trinajstić information content (AvgIpc) is 2.91. The summed E-state index contributed by atoms with van der Waals surface area (Å²) in [5.74, 6) is 0. The van der Waals surface area contributed by atoms with Crippen molar-refractivity contribution in [1.29, 1.82) is 0 Å². The summed E-state index contributed by atoms with van der Waals surface area (Å²) in [6.45, 7) is 5.46. The number of hydrogen-bond acceptors (Lipinski definition) is 4. The zero-order valence-corrected chi connectivity index (χ0v) is 12.5. The first-order valence-electron chi connectivity index (χ1n) is 7.21. The van der Waals surface area contributed by atoms with Gasteiger partial charge in [0.05, 0.1) is 25.0 Å². The summed E-state index contributed by atoms with van der Waals surface area (Å²) < 4.78 is 5.69. The fraction of sp³-hybridized carbons (Fsp3) is 0.438. The topological polar surface area (TPSA) is 70.2 Å². The molecule has 1 aromatic carbocycles. The molecule has 0 aliphatic heterocycles. The Morgan fingerprint density at radius 1 is 1.33 bits per heavy atom. The first kappa shape index (κ1) is 15.7. The van der Waals surface area contributed by atoms with Crippen molar-refractivity contribution >= 4 is 0 Å². The number of hydrogen-bond donors (Lipinski definition) is 3. The molecule has 2 aromatic rings. The van der Waals surface area contributed by atoms with Crippen LogP contribution in [0.3, 0.4) is 0 Å². The Labute approximate surface area is 125 Å². The number of benzene rings is 1. The van der Waals surface area contributed by atoms with E-state index < -0.39 is 6.10 Å². The highest BCUT2D eigenvalue weighted by molar-refractivity contribution is 5.16. The summed E-state index contributed by atoms with van der Waals surface area (Å²) in [7, 11) is 0. The van der Waals surface area contributed by atoms with Crippen molar-refractivity contribution in [3.05, 3.63) is 53.3 Å². The highest BCUT2D eigenvalue weighted by atomic mass is 16.5. The highest BCUT2D eigenvalue weighted by Crippen LogP contribution is 2.15. The number of aryl methyl sites for hydroxylation is 1. The minimum Gasteiger partial charge on any atom is -0.389 e. The number of aromatic nitrogens is 2. The van der Waals surface area contributed by atoms with Gasteiger partial charge in [-0.25, -0.2) is 0 Å². The van der Waals surface area contributed by atoms with Gasteiger partial charge in [-0.15, -0.1) is 0 Å². The van der Waals surface area contributed by atoms with E-state index in [1.54, 1.807) is 6.20 Å². The van der Waals surface area contributed by atoms with E-state index in [1.165, 1.54) is 0 Å². The van der Waals surface area contributed by atoms with Gasteiger partial charge in [-0.2, -0.15) is 5.10 Å². The van der Waals surface area contributed by atoms with Crippen molar-refractivity contribution in [2.45, 2.75) is 32.6 Å². The van der Waals surface area contributed by atoms with E-state index in [0.717, 1.165) is 16.8 Å². The monoisotopic (exact) mass is 289 g/mol. The van der Waals surface area contributed by atoms with Crippen LogP contribution >= 0.6 is 0 Å². The van der Waals surface area contributed by atoms with Crippen LogP contribution in [0.25, 0.3) is 0 Å². The Balaban J connectivity index is 1.65. The molecule has 5 heteroatoms. The van der Waals surface area contributed by atoms with Gasteiger partial charge in [-0.1, -0.05) is 30.3 Å². The first-order chi connectivity index (χ1) is 10.2. The molecule has 5 nitrogen and oxygen atoms in total. The van der Waals surface area contributed by atoms with E-state index in [-0.39, 0.29) is 6.10 Å². The second-order valence-corrected chi connectivity index (χ2v) is 5.19. The zero-order chi connectivity index (χ0) is 15.1. The fourth-order valence-corrected chi connectivity index (χ4v) is 2.06. The van der Waals surface area contributed by atoms with E-state index in [4.69, 9.17) is 4.74 Å². The lowest BCUT2D eigenvalue weighted by molar-refractivity contribution is -0.00212. The second-order valence-electron chi connectivity index (χ2n) is 5.19. The van der Waals surface area contributed by atoms with E-state index >= 15 is 0 Å². The van der Waals surface area contributed by atoms with Gasteiger partial charge in [0.2, 0.25) is 0 Å². The quantitative estimate of drug-likeness (QED) is 0.694. The van der Waals surface area contributed by atoms with Gasteiger partial charge >= 0.3 is 0 Å². The summed E-state index contributed by atoms with van der Waals surface area (Å²) in [5, 5.41) is 20.0. The predicted octanol–water partition coefficient (Wildman–Crippen LogP) is 1.95. The number of aromatic amines is 1. The number of H-pyrrole nitrogens is 1. The SMILES string of the molecule is Cc1[nH]ncc1CNC[C@@H](O)CO[C@@H](C)c1ccccc1. The Kier molecular flexibility index (Phi) is 5.92. The summed E-state index contributed by atoms with van der Waals surface area (Å²) in [5.41, 5.74) is 3.28. The van der Waals surface area contributed by atoms with Crippen molar-refractivity contribution in [2.24, 2.45) is 0 Å². The van der Waals surface area contributed by atoms with E-state index in [1.807, 2.05) is 44.2 Å². The van der Waals surface area contributed by atoms with Crippen molar-refractivity contribution in [3.63, 3.8) is 0 Å². The van der Waals surface area contributed by atoms with Gasteiger partial charge < -0.3 is 15.2 Å². The van der Waals surface area contributed by atoms with Gasteiger partial charge in [-0.05, 0) is 19.4 Å². The Hall–Kier alpha value is -1.69. The predicted molar refractivity (Wildman–Crippen MR) is 81.8 cm³/mol. The molecule has 2 atom stereocenters. The maximum absolute atomic E-state index is 9.93. The molecule has 0 aliphatic carbocycles. The maximum atomic E-state index is 9.93. The number of rotatable bonds is 8. The minimum atomic E-state index is -0.525. The highest BCUT2D eigenvalue weighted by Gasteiger charge is 2.10. The molecular formula is C16H23N3O2. The molecule has 0 amide bonds. The van der Waals surface area contributed by atoms with Crippen LogP contribution < -0.4 is 5.32 Å². The van der Waals surface area contributed by atoms with E-state index in [2.05, 4.69) is 15.5 Å². The van der Waals surface area contributed by atoms with Gasteiger partial charge in [0.25, 0.3) is 0 Å². The molecule has 0 aliphatic rings. The largest absolute Gasteiger partial charge is 0.389 e. The molecule has 21 heavy (non-hydrogen) atoms. The number of aliphatic hydroxyl groups excluding tert-OH is 1. The molecular weight excluding hydrogens is 266 g/mol. The third-order valence-electron chi connectivity index (χ3n) is 3.44. The minimum absolute atomic E-state index is 0.0167. The van der Waals surface area contributed by atoms with Crippen LogP contribution in [-0.2, 0) is 11.3 Å². The molecule has 114 valence electrons. The van der Waals surface area contributed by atoms with Crippen LogP contribution in [0.4, 0.5) is 0 Å². The molecule has 1 aromatic heterocycles. The molecule has 0 bridgehead atoms. The van der Waals surface area contributed by atoms with Gasteiger partial charge in [0, 0.05) is 24.3 Å². The molecule has 0 saturated carbocycles. The van der Waals surface area contributed by atoms with Gasteiger partial charge in [0.1, 0.15) is 0 Å². The van der Waals surface area contributed by atoms with Gasteiger partial charge in [-0.3, -0.25) is 5.10 Å². The van der Waals surface area contributed by atoms with Crippen molar-refractivity contribution < 1.29 is 9.84 Å². The van der Waals surface area contributed by atoms with E-state index in [0.29, 0.717) is 19.7 Å². The molecule has 1 heterocycles. The van der Waals surface area contributed by atoms with Crippen LogP contribution in [0.2, 0.25) is 0 Å². The van der Waals surface area contributed by atoms with E-state index in [9.17, 15) is 5.11 Å². The standard InChI is InChI=1S/C16H23N3O2/c1-12-15(9-18-19-12)8-17-10-16(20)11-21-13(2)14-6-4-3-5-7-14/h3-7,9,13,16-17,20H,8,10-11H2,1-2H3,(H,18,19)/t13-,16+/m0/s1. The molecule has 0 unspecified atom stereocenters. The maximum Gasteiger partial charge on any atom is 0.0898 e. The van der Waals surface area contributed by atoms with Crippen LogP contribution in [0.5, 0.6) is 0 Å². The zero-order valence-electron chi connectivity index (χ0n) is 12.5. The number of nitrogens with zero attached hydrogens (tertiary/aromatic N) is 1. The summed E-state index contributed by atoms with van der Waals surface area (Å²) in [4.78, 5) is 0. The van der Waals surface area contributed by atoms with Crippen LogP contribution in [-0.4, -0.2) is 34.6 Å². The average molecular weight is 289 g/mol. The van der Waals surface area contributed by atoms with Crippen LogP contribution in [0.15, 0.2) is 36.5 Å². The third kappa shape index (κ3) is 4.97. The van der Waals surface area contributed by atoms with Crippen LogP contribution in [0, 0.1) is 6.92 Å². The number of nitrogens with one attached hydrogen (secondary N) is 2. The summed E-state index contributed by atoms with van der Waals surface area (Å²) in [6.07, 6.45) is 1.25. The van der Waals surface area contributed by atoms with Gasteiger partial charge in [0.15, 0.2) is 0 Å². The molecule has 3 N–H and O–H groups in total. The smallest absolute Gasteiger partial charge is 0.0898 e. The Morgan fingerprint density at radius 2 is 2.10 bits per heavy atom. The molecule has 0 spiro atoms. The second kappa shape index (κ2) is 7.93. The lowest BCUT2D eigenvalue weighted by Crippen LogP contribution is -2.30. The normalized spacial score (nSPS) is 14.0. The Bertz CT molecular complexity index is 527. The lowest BCUT2D eigenvalue weighted by Gasteiger charge is -2.17. The number of aliphatic hydroxyl groups is 1. The molecule has 0 radical (unpaired) electrons. The third-order valence-corrected chi connectivity index (χ3v) is 3.44. The van der Waals surface area contributed by atoms with Crippen LogP contribution in [0.1, 0.15) is 29.8 Å². The molecule has 0 fully saturated rings. The first-order valence-corrected chi connectivity index (χ1v) is 7.21. The fourth-order valence-electron chi connectivity index (χ4n) is 2.06. The molecule has 0 saturated heterocycles. The van der Waals surface area contributed by atoms with Crippen molar-refractivity contribution in [2.75, 3.05) is 13.2 Å². The summed E-state index contributed by atoms with van der Waals surface area (Å²) >= 11 is 0. The lowest BCUT2D eigenvalue weighted by atomic mass is 10.1. The van der Waals surface area contributed by atoms with Crippen molar-refractivity contribution in [3.8, 4) is 0 Å². The van der Waals surface area contributed by atoms with Crippen molar-refractivity contribution in [1.82, 2.24) is 15.5 Å². The number of ether oxygens (including phenoxy) is 1. The molecule has 2 rings (SSSR count).